The maximum absolute atomic E-state index is 14.6. The third-order valence-corrected chi connectivity index (χ3v) is 6.16. The topological polar surface area (TPSA) is 54.4 Å². The number of halogens is 2. The Morgan fingerprint density at radius 2 is 1.76 bits per heavy atom. The lowest BCUT2D eigenvalue weighted by atomic mass is 9.76. The highest BCUT2D eigenvalue weighted by atomic mass is 32.2. The predicted molar refractivity (Wildman–Crippen MR) is 59.5 cm³/mol. The van der Waals surface area contributed by atoms with Gasteiger partial charge in [-0.25, -0.2) is 8.78 Å². The van der Waals surface area contributed by atoms with Crippen LogP contribution < -0.4 is 0 Å². The molecular formula is C11H18F2O3S. The van der Waals surface area contributed by atoms with Crippen molar-refractivity contribution in [2.45, 2.75) is 50.2 Å². The van der Waals surface area contributed by atoms with Gasteiger partial charge < -0.3 is 0 Å². The van der Waals surface area contributed by atoms with Gasteiger partial charge in [-0.1, -0.05) is 6.42 Å². The van der Waals surface area contributed by atoms with E-state index in [1.807, 2.05) is 0 Å². The SMILES string of the molecule is CC(F)(C1CC2CCC1C2)C(C)(F)S(=O)(=O)O. The Morgan fingerprint density at radius 3 is 2.12 bits per heavy atom. The summed E-state index contributed by atoms with van der Waals surface area (Å²) in [6.07, 6.45) is 3.22. The van der Waals surface area contributed by atoms with Gasteiger partial charge in [0.15, 0.2) is 5.67 Å². The highest BCUT2D eigenvalue weighted by Crippen LogP contribution is 2.56. The van der Waals surface area contributed by atoms with Crippen molar-refractivity contribution in [2.24, 2.45) is 17.8 Å². The van der Waals surface area contributed by atoms with Crippen molar-refractivity contribution in [3.63, 3.8) is 0 Å². The van der Waals surface area contributed by atoms with E-state index in [9.17, 15) is 17.2 Å². The summed E-state index contributed by atoms with van der Waals surface area (Å²) in [5.74, 6) is -0.178. The molecule has 0 aromatic heterocycles. The maximum atomic E-state index is 14.6. The molecule has 100 valence electrons. The van der Waals surface area contributed by atoms with Crippen LogP contribution >= 0.6 is 0 Å². The van der Waals surface area contributed by atoms with Crippen LogP contribution in [0.15, 0.2) is 0 Å². The minimum Gasteiger partial charge on any atom is -0.283 e. The van der Waals surface area contributed by atoms with E-state index in [2.05, 4.69) is 0 Å². The Morgan fingerprint density at radius 1 is 1.18 bits per heavy atom. The fraction of sp³-hybridized carbons (Fsp3) is 1.00. The molecule has 2 aliphatic carbocycles. The molecule has 17 heavy (non-hydrogen) atoms. The molecule has 0 radical (unpaired) electrons. The molecule has 0 saturated heterocycles. The molecular weight excluding hydrogens is 250 g/mol. The molecule has 0 aliphatic heterocycles. The van der Waals surface area contributed by atoms with E-state index in [1.54, 1.807) is 0 Å². The molecule has 6 heteroatoms. The van der Waals surface area contributed by atoms with Gasteiger partial charge in [0.25, 0.3) is 5.00 Å². The van der Waals surface area contributed by atoms with Crippen LogP contribution in [-0.4, -0.2) is 23.6 Å². The second kappa shape index (κ2) is 3.63. The molecule has 5 atom stereocenters. The monoisotopic (exact) mass is 268 g/mol. The summed E-state index contributed by atoms with van der Waals surface area (Å²) >= 11 is 0. The molecule has 0 spiro atoms. The van der Waals surface area contributed by atoms with Crippen molar-refractivity contribution in [1.82, 2.24) is 0 Å². The van der Waals surface area contributed by atoms with Gasteiger partial charge in [-0.3, -0.25) is 4.55 Å². The van der Waals surface area contributed by atoms with E-state index < -0.39 is 26.7 Å². The highest BCUT2D eigenvalue weighted by Gasteiger charge is 2.63. The van der Waals surface area contributed by atoms with Crippen LogP contribution in [0, 0.1) is 17.8 Å². The normalized spacial score (nSPS) is 39.9. The summed E-state index contributed by atoms with van der Waals surface area (Å²) in [5.41, 5.74) is -2.54. The number of fused-ring (bicyclic) bond motifs is 2. The van der Waals surface area contributed by atoms with Crippen molar-refractivity contribution in [2.75, 3.05) is 0 Å². The number of alkyl halides is 2. The highest BCUT2D eigenvalue weighted by molar-refractivity contribution is 7.87. The summed E-state index contributed by atoms with van der Waals surface area (Å²) in [6.45, 7) is 1.58. The van der Waals surface area contributed by atoms with Crippen LogP contribution in [-0.2, 0) is 10.1 Å². The van der Waals surface area contributed by atoms with E-state index >= 15 is 0 Å². The Bertz CT molecular complexity index is 416. The Labute approximate surface area is 100 Å². The second-order valence-electron chi connectivity index (χ2n) is 5.75. The van der Waals surface area contributed by atoms with E-state index in [0.29, 0.717) is 19.3 Å². The lowest BCUT2D eigenvalue weighted by Crippen LogP contribution is -2.54. The largest absolute Gasteiger partial charge is 0.303 e. The van der Waals surface area contributed by atoms with Crippen molar-refractivity contribution in [1.29, 1.82) is 0 Å². The third kappa shape index (κ3) is 1.80. The molecule has 2 rings (SSSR count). The molecule has 2 aliphatic rings. The van der Waals surface area contributed by atoms with Crippen molar-refractivity contribution >= 4 is 10.1 Å². The molecule has 2 bridgehead atoms. The molecule has 1 N–H and O–H groups in total. The molecule has 2 fully saturated rings. The zero-order chi connectivity index (χ0) is 13.1. The molecule has 2 saturated carbocycles. The van der Waals surface area contributed by atoms with E-state index in [1.165, 1.54) is 0 Å². The standard InChI is InChI=1S/C11H18F2O3S/c1-10(12,11(2,13)17(14,15)16)9-6-7-3-4-8(9)5-7/h7-9H,3-6H2,1-2H3,(H,14,15,16). The molecule has 3 nitrogen and oxygen atoms in total. The molecule has 5 unspecified atom stereocenters. The lowest BCUT2D eigenvalue weighted by Gasteiger charge is -2.39. The Kier molecular flexibility index (Phi) is 2.82. The molecule has 0 amide bonds. The van der Waals surface area contributed by atoms with Gasteiger partial charge in [0, 0.05) is 5.92 Å². The predicted octanol–water partition coefficient (Wildman–Crippen LogP) is 2.72. The smallest absolute Gasteiger partial charge is 0.283 e. The first kappa shape index (κ1) is 13.2. The zero-order valence-electron chi connectivity index (χ0n) is 9.99. The Balaban J connectivity index is 2.31. The van der Waals surface area contributed by atoms with Crippen molar-refractivity contribution in [3.8, 4) is 0 Å². The van der Waals surface area contributed by atoms with Crippen LogP contribution in [0.4, 0.5) is 8.78 Å². The van der Waals surface area contributed by atoms with Crippen LogP contribution in [0.3, 0.4) is 0 Å². The quantitative estimate of drug-likeness (QED) is 0.801. The van der Waals surface area contributed by atoms with E-state index in [4.69, 9.17) is 4.55 Å². The van der Waals surface area contributed by atoms with Gasteiger partial charge in [-0.05, 0) is 44.9 Å². The van der Waals surface area contributed by atoms with Crippen LogP contribution in [0.25, 0.3) is 0 Å². The molecule has 0 aromatic rings. The fourth-order valence-corrected chi connectivity index (χ4v) is 4.15. The first-order chi connectivity index (χ1) is 7.57. The Hall–Kier alpha value is -0.230. The maximum Gasteiger partial charge on any atom is 0.303 e. The minimum absolute atomic E-state index is 0.0480. The third-order valence-electron chi connectivity index (χ3n) is 4.79. The number of hydrogen-bond donors (Lipinski definition) is 1. The summed E-state index contributed by atoms with van der Waals surface area (Å²) in [7, 11) is -5.06. The summed E-state index contributed by atoms with van der Waals surface area (Å²) in [5, 5.41) is -3.24. The average Bonchev–Trinajstić information content (AvgIpc) is 2.76. The molecule has 0 aromatic carbocycles. The number of hydrogen-bond acceptors (Lipinski definition) is 2. The first-order valence-corrected chi connectivity index (χ1v) is 7.36. The lowest BCUT2D eigenvalue weighted by molar-refractivity contribution is -0.0316. The molecule has 0 heterocycles. The van der Waals surface area contributed by atoms with Gasteiger partial charge >= 0.3 is 10.1 Å². The summed E-state index contributed by atoms with van der Waals surface area (Å²) < 4.78 is 59.6. The van der Waals surface area contributed by atoms with Gasteiger partial charge in [0.05, 0.1) is 0 Å². The van der Waals surface area contributed by atoms with E-state index in [-0.39, 0.29) is 5.92 Å². The van der Waals surface area contributed by atoms with Crippen LogP contribution in [0.1, 0.15) is 39.5 Å². The fourth-order valence-electron chi connectivity index (χ4n) is 3.49. The van der Waals surface area contributed by atoms with Gasteiger partial charge in [0.2, 0.25) is 0 Å². The van der Waals surface area contributed by atoms with Crippen molar-refractivity contribution < 1.29 is 21.8 Å². The van der Waals surface area contributed by atoms with Gasteiger partial charge in [-0.2, -0.15) is 8.42 Å². The second-order valence-corrected chi connectivity index (χ2v) is 7.47. The van der Waals surface area contributed by atoms with Crippen molar-refractivity contribution in [3.05, 3.63) is 0 Å². The summed E-state index contributed by atoms with van der Waals surface area (Å²) in [4.78, 5) is 0. The summed E-state index contributed by atoms with van der Waals surface area (Å²) in [6, 6.07) is 0. The van der Waals surface area contributed by atoms with E-state index in [0.717, 1.165) is 26.2 Å². The van der Waals surface area contributed by atoms with Gasteiger partial charge in [-0.15, -0.1) is 0 Å². The van der Waals surface area contributed by atoms with Crippen LogP contribution in [0.2, 0.25) is 0 Å². The average molecular weight is 268 g/mol. The number of rotatable bonds is 3. The zero-order valence-corrected chi connectivity index (χ0v) is 10.8. The minimum atomic E-state index is -5.06. The van der Waals surface area contributed by atoms with Gasteiger partial charge in [0.1, 0.15) is 0 Å². The van der Waals surface area contributed by atoms with Crippen LogP contribution in [0.5, 0.6) is 0 Å². The first-order valence-electron chi connectivity index (χ1n) is 5.92.